The average molecular weight is 471 g/mol. The Hall–Kier alpha value is -0.700. The molecule has 0 N–H and O–H groups in total. The molecule has 0 unspecified atom stereocenters. The molecule has 0 saturated carbocycles. The SMILES string of the molecule is C=CCC.CC#CCC.CC(C)(C)C.CCC(C)C.CCC(C)C.CCCC.CCCCC. The van der Waals surface area contributed by atoms with Crippen molar-refractivity contribution in [3.05, 3.63) is 12.7 Å². The van der Waals surface area contributed by atoms with E-state index in [1.54, 1.807) is 0 Å². The van der Waals surface area contributed by atoms with Crippen LogP contribution in [0.15, 0.2) is 12.7 Å². The minimum Gasteiger partial charge on any atom is -0.107 e. The van der Waals surface area contributed by atoms with Gasteiger partial charge in [0, 0.05) is 6.42 Å². The van der Waals surface area contributed by atoms with E-state index in [9.17, 15) is 0 Å². The quantitative estimate of drug-likeness (QED) is 0.267. The molecule has 0 saturated heterocycles. The molecule has 33 heavy (non-hydrogen) atoms. The van der Waals surface area contributed by atoms with Gasteiger partial charge in [-0.2, -0.15) is 0 Å². The Morgan fingerprint density at radius 2 is 0.909 bits per heavy atom. The molecule has 0 rings (SSSR count). The van der Waals surface area contributed by atoms with Gasteiger partial charge in [-0.25, -0.2) is 0 Å². The molecule has 0 spiro atoms. The maximum atomic E-state index is 3.48. The number of allylic oxidation sites excluding steroid dienone is 1. The Bertz CT molecular complexity index is 285. The highest BCUT2D eigenvalue weighted by Gasteiger charge is 1.95. The van der Waals surface area contributed by atoms with E-state index in [1.807, 2.05) is 19.9 Å². The standard InChI is InChI=1S/4C5H12.C5H8.C4H10.C4H8/c1-5(2,3)4;2*1-4-5(2)3;2*1-3-5-4-2;2*1-3-4-2/h1-4H3;2*5H,4H2,1-3H3;3-5H2,1-2H3;3H2,1-2H3;3-4H2,1-2H3;3H,1,4H2,2H3. The number of hydrogen-bond donors (Lipinski definition) is 0. The predicted octanol–water partition coefficient (Wildman–Crippen LogP) is 13.2. The second-order valence-corrected chi connectivity index (χ2v) is 10.4. The summed E-state index contributed by atoms with van der Waals surface area (Å²) in [5, 5.41) is 0. The number of rotatable bonds is 6. The summed E-state index contributed by atoms with van der Waals surface area (Å²) < 4.78 is 0. The van der Waals surface area contributed by atoms with Gasteiger partial charge in [-0.05, 0) is 30.6 Å². The molecule has 0 amide bonds. The van der Waals surface area contributed by atoms with E-state index < -0.39 is 0 Å². The van der Waals surface area contributed by atoms with Gasteiger partial charge in [0.2, 0.25) is 0 Å². The van der Waals surface area contributed by atoms with Crippen molar-refractivity contribution < 1.29 is 0 Å². The minimum absolute atomic E-state index is 0.500. The van der Waals surface area contributed by atoms with Crippen LogP contribution in [0, 0.1) is 29.1 Å². The first-order chi connectivity index (χ1) is 15.2. The second-order valence-electron chi connectivity index (χ2n) is 10.4. The topological polar surface area (TPSA) is 0 Å². The van der Waals surface area contributed by atoms with Crippen LogP contribution in [0.2, 0.25) is 0 Å². The Morgan fingerprint density at radius 3 is 0.909 bits per heavy atom. The van der Waals surface area contributed by atoms with Gasteiger partial charge < -0.3 is 0 Å². The third kappa shape index (κ3) is 311. The summed E-state index contributed by atoms with van der Waals surface area (Å²) >= 11 is 0. The molecular formula is C33H74. The fourth-order valence-electron chi connectivity index (χ4n) is 0.530. The van der Waals surface area contributed by atoms with Crippen LogP contribution in [0.5, 0.6) is 0 Å². The maximum absolute atomic E-state index is 3.48. The Morgan fingerprint density at radius 1 is 0.667 bits per heavy atom. The maximum Gasteiger partial charge on any atom is 0.00601 e. The van der Waals surface area contributed by atoms with Gasteiger partial charge in [-0.15, -0.1) is 18.4 Å². The van der Waals surface area contributed by atoms with E-state index in [0.29, 0.717) is 5.41 Å². The lowest BCUT2D eigenvalue weighted by atomic mass is 10.0. The average Bonchev–Trinajstić information content (AvgIpc) is 2.75. The zero-order chi connectivity index (χ0) is 28.1. The van der Waals surface area contributed by atoms with Crippen LogP contribution in [0.1, 0.15) is 175 Å². The van der Waals surface area contributed by atoms with Crippen LogP contribution in [0.4, 0.5) is 0 Å². The first-order valence-corrected chi connectivity index (χ1v) is 14.2. The molecule has 0 bridgehead atoms. The zero-order valence-electron chi connectivity index (χ0n) is 27.3. The van der Waals surface area contributed by atoms with Gasteiger partial charge in [0.25, 0.3) is 0 Å². The van der Waals surface area contributed by atoms with E-state index in [1.165, 1.54) is 44.9 Å². The van der Waals surface area contributed by atoms with Crippen molar-refractivity contribution in [2.45, 2.75) is 175 Å². The molecule has 0 aliphatic rings. The minimum atomic E-state index is 0.500. The first-order valence-electron chi connectivity index (χ1n) is 14.2. The summed E-state index contributed by atoms with van der Waals surface area (Å²) in [6.45, 7) is 40.3. The normalized spacial score (nSPS) is 8.45. The van der Waals surface area contributed by atoms with Crippen LogP contribution < -0.4 is 0 Å². The Balaban J connectivity index is -0.0000000479. The molecule has 0 atom stereocenters. The van der Waals surface area contributed by atoms with Gasteiger partial charge in [-0.1, -0.05) is 162 Å². The molecule has 0 aromatic carbocycles. The van der Waals surface area contributed by atoms with Crippen LogP contribution >= 0.6 is 0 Å². The fraction of sp³-hybridized carbons (Fsp3) is 0.879. The summed E-state index contributed by atoms with van der Waals surface area (Å²) in [5.41, 5.74) is 0.500. The van der Waals surface area contributed by atoms with E-state index in [2.05, 4.69) is 122 Å². The highest BCUT2D eigenvalue weighted by atomic mass is 14.0. The van der Waals surface area contributed by atoms with Crippen molar-refractivity contribution >= 4 is 0 Å². The van der Waals surface area contributed by atoms with Crippen molar-refractivity contribution in [3.63, 3.8) is 0 Å². The van der Waals surface area contributed by atoms with E-state index in [0.717, 1.165) is 24.7 Å². The van der Waals surface area contributed by atoms with E-state index >= 15 is 0 Å². The van der Waals surface area contributed by atoms with Crippen molar-refractivity contribution in [3.8, 4) is 11.8 Å². The molecule has 0 heteroatoms. The monoisotopic (exact) mass is 471 g/mol. The molecule has 0 radical (unpaired) electrons. The molecule has 0 fully saturated rings. The van der Waals surface area contributed by atoms with Crippen molar-refractivity contribution in [1.82, 2.24) is 0 Å². The molecule has 0 aliphatic heterocycles. The van der Waals surface area contributed by atoms with Gasteiger partial charge in [0.15, 0.2) is 0 Å². The summed E-state index contributed by atoms with van der Waals surface area (Å²) in [5.74, 6) is 7.40. The molecule has 0 heterocycles. The van der Waals surface area contributed by atoms with Crippen LogP contribution in [0.25, 0.3) is 0 Å². The highest BCUT2D eigenvalue weighted by molar-refractivity contribution is 4.92. The molecule has 0 nitrogen and oxygen atoms in total. The molecule has 0 aromatic rings. The van der Waals surface area contributed by atoms with E-state index in [4.69, 9.17) is 0 Å². The summed E-state index contributed by atoms with van der Waals surface area (Å²) in [6, 6.07) is 0. The van der Waals surface area contributed by atoms with Gasteiger partial charge >= 0.3 is 0 Å². The van der Waals surface area contributed by atoms with Gasteiger partial charge in [0.1, 0.15) is 0 Å². The molecule has 0 aromatic heterocycles. The van der Waals surface area contributed by atoms with Crippen molar-refractivity contribution in [1.29, 1.82) is 0 Å². The smallest absolute Gasteiger partial charge is 0.00601 e. The van der Waals surface area contributed by atoms with Gasteiger partial charge in [-0.3, -0.25) is 0 Å². The first kappa shape index (κ1) is 49.4. The molecule has 0 aliphatic carbocycles. The lowest BCUT2D eigenvalue weighted by Crippen LogP contribution is -1.93. The summed E-state index contributed by atoms with van der Waals surface area (Å²) in [7, 11) is 0. The van der Waals surface area contributed by atoms with Gasteiger partial charge in [0.05, 0.1) is 0 Å². The summed E-state index contributed by atoms with van der Waals surface area (Å²) in [6.07, 6.45) is 13.3. The van der Waals surface area contributed by atoms with Crippen LogP contribution in [-0.4, -0.2) is 0 Å². The number of hydrogen-bond acceptors (Lipinski definition) is 0. The van der Waals surface area contributed by atoms with Crippen molar-refractivity contribution in [2.24, 2.45) is 17.3 Å². The van der Waals surface area contributed by atoms with Crippen molar-refractivity contribution in [2.75, 3.05) is 0 Å². The van der Waals surface area contributed by atoms with Crippen LogP contribution in [-0.2, 0) is 0 Å². The Labute approximate surface area is 217 Å². The molecular weight excluding hydrogens is 396 g/mol. The van der Waals surface area contributed by atoms with Crippen LogP contribution in [0.3, 0.4) is 0 Å². The summed E-state index contributed by atoms with van der Waals surface area (Å²) in [4.78, 5) is 0. The Kier molecular flexibility index (Phi) is 79.3. The molecule has 206 valence electrons. The lowest BCUT2D eigenvalue weighted by molar-refractivity contribution is 0.469. The third-order valence-electron chi connectivity index (χ3n) is 3.48. The fourth-order valence-corrected chi connectivity index (χ4v) is 0.530. The second kappa shape index (κ2) is 52.9. The van der Waals surface area contributed by atoms with E-state index in [-0.39, 0.29) is 0 Å². The lowest BCUT2D eigenvalue weighted by Gasteiger charge is -2.05. The third-order valence-corrected chi connectivity index (χ3v) is 3.48. The predicted molar refractivity (Wildman–Crippen MR) is 165 cm³/mol. The largest absolute Gasteiger partial charge is 0.107 e. The highest BCUT2D eigenvalue weighted by Crippen LogP contribution is 2.08. The zero-order valence-corrected chi connectivity index (χ0v) is 27.3. The number of unbranched alkanes of at least 4 members (excludes halogenated alkanes) is 3.